The Bertz CT molecular complexity index is 549. The number of nitrogens with zero attached hydrogens (tertiary/aromatic N) is 1. The molecule has 0 saturated carbocycles. The molecule has 0 aliphatic carbocycles. The number of piperidine rings is 1. The van der Waals surface area contributed by atoms with Crippen LogP contribution in [0.5, 0.6) is 11.5 Å². The largest absolute Gasteiger partial charge is 0.497 e. The molecule has 6 nitrogen and oxygen atoms in total. The fraction of sp³-hybridized carbons (Fsp3) is 0.556. The van der Waals surface area contributed by atoms with Crippen molar-refractivity contribution in [1.29, 1.82) is 0 Å². The highest BCUT2D eigenvalue weighted by Gasteiger charge is 2.28. The molecule has 132 valence electrons. The summed E-state index contributed by atoms with van der Waals surface area (Å²) < 4.78 is 10.6. The van der Waals surface area contributed by atoms with Gasteiger partial charge in [0.25, 0.3) is 0 Å². The van der Waals surface area contributed by atoms with E-state index in [0.29, 0.717) is 37.3 Å². The van der Waals surface area contributed by atoms with Crippen molar-refractivity contribution < 1.29 is 19.1 Å². The lowest BCUT2D eigenvalue weighted by molar-refractivity contribution is -0.147. The highest BCUT2D eigenvalue weighted by atomic mass is 16.5. The molecule has 1 N–H and O–H groups in total. The van der Waals surface area contributed by atoms with Gasteiger partial charge in [0.1, 0.15) is 18.1 Å². The Hall–Kier alpha value is -2.24. The van der Waals surface area contributed by atoms with Crippen LogP contribution in [-0.2, 0) is 9.59 Å². The van der Waals surface area contributed by atoms with E-state index < -0.39 is 11.8 Å². The molecule has 24 heavy (non-hydrogen) atoms. The Labute approximate surface area is 143 Å². The molecular weight excluding hydrogens is 308 g/mol. The summed E-state index contributed by atoms with van der Waals surface area (Å²) in [4.78, 5) is 25.8. The van der Waals surface area contributed by atoms with E-state index in [1.54, 1.807) is 36.3 Å². The van der Waals surface area contributed by atoms with Gasteiger partial charge in [0, 0.05) is 13.1 Å². The normalized spacial score (nSPS) is 20.4. The Morgan fingerprint density at radius 3 is 2.29 bits per heavy atom. The van der Waals surface area contributed by atoms with Crippen molar-refractivity contribution in [1.82, 2.24) is 10.2 Å². The van der Waals surface area contributed by atoms with E-state index in [1.807, 2.05) is 0 Å². The molecule has 1 fully saturated rings. The van der Waals surface area contributed by atoms with E-state index >= 15 is 0 Å². The average molecular weight is 334 g/mol. The lowest BCUT2D eigenvalue weighted by Gasteiger charge is -2.34. The molecule has 1 saturated heterocycles. The van der Waals surface area contributed by atoms with Crippen LogP contribution in [0.15, 0.2) is 24.3 Å². The first kappa shape index (κ1) is 18.1. The maximum atomic E-state index is 12.2. The number of ether oxygens (including phenoxy) is 2. The molecule has 1 heterocycles. The number of nitrogens with one attached hydrogen (secondary N) is 1. The van der Waals surface area contributed by atoms with Gasteiger partial charge in [-0.25, -0.2) is 0 Å². The van der Waals surface area contributed by atoms with E-state index in [-0.39, 0.29) is 6.54 Å². The van der Waals surface area contributed by atoms with Gasteiger partial charge in [-0.2, -0.15) is 0 Å². The summed E-state index contributed by atoms with van der Waals surface area (Å²) in [6.45, 7) is 6.11. The SMILES string of the molecule is COc1ccc(OCCNC(=O)C(=O)N2CC(C)CC(C)C2)cc1. The summed E-state index contributed by atoms with van der Waals surface area (Å²) in [5.41, 5.74) is 0. The zero-order chi connectivity index (χ0) is 17.5. The molecular formula is C18H26N2O4. The summed E-state index contributed by atoms with van der Waals surface area (Å²) in [5.74, 6) is 1.31. The molecule has 6 heteroatoms. The quantitative estimate of drug-likeness (QED) is 0.657. The second kappa shape index (κ2) is 8.57. The lowest BCUT2D eigenvalue weighted by atomic mass is 9.92. The lowest BCUT2D eigenvalue weighted by Crippen LogP contribution is -2.49. The van der Waals surface area contributed by atoms with E-state index in [2.05, 4.69) is 19.2 Å². The smallest absolute Gasteiger partial charge is 0.311 e. The molecule has 1 aromatic rings. The predicted molar refractivity (Wildman–Crippen MR) is 91.0 cm³/mol. The van der Waals surface area contributed by atoms with Crippen LogP contribution in [0.2, 0.25) is 0 Å². The number of benzene rings is 1. The Kier molecular flexibility index (Phi) is 6.46. The third kappa shape index (κ3) is 5.15. The van der Waals surface area contributed by atoms with Gasteiger partial charge in [0.15, 0.2) is 0 Å². The molecule has 1 aliphatic rings. The topological polar surface area (TPSA) is 67.9 Å². The van der Waals surface area contributed by atoms with E-state index in [9.17, 15) is 9.59 Å². The number of likely N-dealkylation sites (tertiary alicyclic amines) is 1. The molecule has 0 spiro atoms. The zero-order valence-corrected chi connectivity index (χ0v) is 14.6. The van der Waals surface area contributed by atoms with Crippen LogP contribution >= 0.6 is 0 Å². The minimum absolute atomic E-state index is 0.287. The maximum absolute atomic E-state index is 12.2. The van der Waals surface area contributed by atoms with Crippen LogP contribution < -0.4 is 14.8 Å². The monoisotopic (exact) mass is 334 g/mol. The number of methoxy groups -OCH3 is 1. The van der Waals surface area contributed by atoms with Crippen LogP contribution in [0.1, 0.15) is 20.3 Å². The molecule has 2 atom stereocenters. The van der Waals surface area contributed by atoms with Crippen LogP contribution in [0, 0.1) is 11.8 Å². The third-order valence-corrected chi connectivity index (χ3v) is 4.07. The molecule has 0 bridgehead atoms. The van der Waals surface area contributed by atoms with Gasteiger partial charge in [-0.15, -0.1) is 0 Å². The van der Waals surface area contributed by atoms with Crippen molar-refractivity contribution >= 4 is 11.8 Å². The molecule has 0 radical (unpaired) electrons. The van der Waals surface area contributed by atoms with Gasteiger partial charge in [0.2, 0.25) is 0 Å². The van der Waals surface area contributed by atoms with Crippen LogP contribution in [0.4, 0.5) is 0 Å². The predicted octanol–water partition coefficient (Wildman–Crippen LogP) is 1.69. The van der Waals surface area contributed by atoms with Crippen molar-refractivity contribution in [2.45, 2.75) is 20.3 Å². The van der Waals surface area contributed by atoms with Crippen molar-refractivity contribution in [3.8, 4) is 11.5 Å². The molecule has 2 rings (SSSR count). The Balaban J connectivity index is 1.71. The van der Waals surface area contributed by atoms with Gasteiger partial charge in [-0.3, -0.25) is 9.59 Å². The van der Waals surface area contributed by atoms with Crippen LogP contribution in [0.3, 0.4) is 0 Å². The van der Waals surface area contributed by atoms with E-state index in [0.717, 1.165) is 12.2 Å². The van der Waals surface area contributed by atoms with Gasteiger partial charge < -0.3 is 19.7 Å². The summed E-state index contributed by atoms with van der Waals surface area (Å²) in [5, 5.41) is 2.62. The van der Waals surface area contributed by atoms with E-state index in [1.165, 1.54) is 0 Å². The molecule has 1 aliphatic heterocycles. The summed E-state index contributed by atoms with van der Waals surface area (Å²) in [6.07, 6.45) is 1.10. The second-order valence-electron chi connectivity index (χ2n) is 6.44. The Morgan fingerprint density at radius 2 is 1.71 bits per heavy atom. The van der Waals surface area contributed by atoms with Crippen molar-refractivity contribution in [3.05, 3.63) is 24.3 Å². The number of carbonyl (C=O) groups excluding carboxylic acids is 2. The maximum Gasteiger partial charge on any atom is 0.311 e. The fourth-order valence-corrected chi connectivity index (χ4v) is 3.05. The number of amides is 2. The minimum Gasteiger partial charge on any atom is -0.497 e. The fourth-order valence-electron chi connectivity index (χ4n) is 3.05. The number of hydrogen-bond donors (Lipinski definition) is 1. The Morgan fingerprint density at radius 1 is 1.12 bits per heavy atom. The van der Waals surface area contributed by atoms with Gasteiger partial charge >= 0.3 is 11.8 Å². The first-order chi connectivity index (χ1) is 11.5. The zero-order valence-electron chi connectivity index (χ0n) is 14.6. The minimum atomic E-state index is -0.561. The van der Waals surface area contributed by atoms with Crippen molar-refractivity contribution in [2.24, 2.45) is 11.8 Å². The molecule has 2 amide bonds. The summed E-state index contributed by atoms with van der Waals surface area (Å²) in [7, 11) is 1.60. The van der Waals surface area contributed by atoms with Gasteiger partial charge in [-0.05, 0) is 42.5 Å². The molecule has 2 unspecified atom stereocenters. The number of hydrogen-bond acceptors (Lipinski definition) is 4. The first-order valence-electron chi connectivity index (χ1n) is 8.33. The summed E-state index contributed by atoms with van der Waals surface area (Å²) in [6, 6.07) is 7.19. The van der Waals surface area contributed by atoms with Gasteiger partial charge in [0.05, 0.1) is 13.7 Å². The molecule has 1 aromatic carbocycles. The highest BCUT2D eigenvalue weighted by molar-refractivity contribution is 6.35. The first-order valence-corrected chi connectivity index (χ1v) is 8.33. The standard InChI is InChI=1S/C18H26N2O4/c1-13-10-14(2)12-20(11-13)18(22)17(21)19-8-9-24-16-6-4-15(23-3)5-7-16/h4-7,13-14H,8-12H2,1-3H3,(H,19,21). The van der Waals surface area contributed by atoms with Crippen LogP contribution in [-0.4, -0.2) is 50.1 Å². The number of carbonyl (C=O) groups is 2. The third-order valence-electron chi connectivity index (χ3n) is 4.07. The van der Waals surface area contributed by atoms with E-state index in [4.69, 9.17) is 9.47 Å². The second-order valence-corrected chi connectivity index (χ2v) is 6.44. The van der Waals surface area contributed by atoms with Gasteiger partial charge in [-0.1, -0.05) is 13.8 Å². The van der Waals surface area contributed by atoms with Crippen molar-refractivity contribution in [2.75, 3.05) is 33.4 Å². The number of rotatable bonds is 5. The molecule has 0 aromatic heterocycles. The van der Waals surface area contributed by atoms with Crippen molar-refractivity contribution in [3.63, 3.8) is 0 Å². The van der Waals surface area contributed by atoms with Crippen LogP contribution in [0.25, 0.3) is 0 Å². The average Bonchev–Trinajstić information content (AvgIpc) is 2.57. The highest BCUT2D eigenvalue weighted by Crippen LogP contribution is 2.21. The summed E-state index contributed by atoms with van der Waals surface area (Å²) >= 11 is 0.